The molecule has 2 atom stereocenters. The van der Waals surface area contributed by atoms with E-state index in [-0.39, 0.29) is 25.6 Å². The summed E-state index contributed by atoms with van der Waals surface area (Å²) in [5.74, 6) is -0.797. The van der Waals surface area contributed by atoms with E-state index in [1.807, 2.05) is 21.1 Å². The molecule has 0 aromatic carbocycles. The van der Waals surface area contributed by atoms with Gasteiger partial charge in [0.2, 0.25) is 0 Å². The summed E-state index contributed by atoms with van der Waals surface area (Å²) < 4.78 is 34.3. The summed E-state index contributed by atoms with van der Waals surface area (Å²) in [6.07, 6.45) is 40.7. The Morgan fingerprint density at radius 3 is 1.47 bits per heavy atom. The van der Waals surface area contributed by atoms with Crippen molar-refractivity contribution in [1.29, 1.82) is 0 Å². The maximum Gasteiger partial charge on any atom is 0.472 e. The van der Waals surface area contributed by atoms with Gasteiger partial charge >= 0.3 is 19.8 Å². The number of quaternary nitrogens is 1. The van der Waals surface area contributed by atoms with E-state index in [1.165, 1.54) is 122 Å². The lowest BCUT2D eigenvalue weighted by molar-refractivity contribution is -0.870. The molecule has 9 nitrogen and oxygen atoms in total. The zero-order valence-electron chi connectivity index (χ0n) is 36.4. The van der Waals surface area contributed by atoms with Gasteiger partial charge in [0.1, 0.15) is 19.8 Å². The Bertz CT molecular complexity index is 996. The van der Waals surface area contributed by atoms with Crippen LogP contribution in [0.1, 0.15) is 200 Å². The normalized spacial score (nSPS) is 13.8. The molecule has 0 spiro atoms. The van der Waals surface area contributed by atoms with Crippen molar-refractivity contribution in [3.8, 4) is 0 Å². The van der Waals surface area contributed by atoms with Crippen molar-refractivity contribution >= 4 is 19.8 Å². The van der Waals surface area contributed by atoms with E-state index in [0.29, 0.717) is 23.9 Å². The first kappa shape index (κ1) is 53.5. The molecule has 0 heterocycles. The third-order valence-electron chi connectivity index (χ3n) is 9.73. The van der Waals surface area contributed by atoms with Gasteiger partial charge in [-0.25, -0.2) is 4.57 Å². The highest BCUT2D eigenvalue weighted by molar-refractivity contribution is 7.47. The number of ether oxygens (including phenoxy) is 2. The summed E-state index contributed by atoms with van der Waals surface area (Å²) in [7, 11) is 1.48. The van der Waals surface area contributed by atoms with Gasteiger partial charge in [-0.3, -0.25) is 18.6 Å². The Labute approximate surface area is 339 Å². The largest absolute Gasteiger partial charge is 0.472 e. The topological polar surface area (TPSA) is 108 Å². The first-order valence-corrected chi connectivity index (χ1v) is 24.1. The Morgan fingerprint density at radius 1 is 0.564 bits per heavy atom. The first-order valence-electron chi connectivity index (χ1n) is 22.6. The molecular weight excluding hydrogens is 713 g/mol. The Hall–Kier alpha value is -1.51. The molecule has 0 aliphatic heterocycles. The zero-order valence-corrected chi connectivity index (χ0v) is 37.3. The average molecular weight is 801 g/mol. The van der Waals surface area contributed by atoms with Gasteiger partial charge in [0.15, 0.2) is 6.10 Å². The van der Waals surface area contributed by atoms with Crippen molar-refractivity contribution in [2.45, 2.75) is 206 Å². The van der Waals surface area contributed by atoms with Crippen molar-refractivity contribution in [2.75, 3.05) is 47.5 Å². The van der Waals surface area contributed by atoms with E-state index in [1.54, 1.807) is 0 Å². The van der Waals surface area contributed by atoms with E-state index in [9.17, 15) is 19.0 Å². The van der Waals surface area contributed by atoms with Crippen LogP contribution in [0.2, 0.25) is 0 Å². The number of carbonyl (C=O) groups excluding carboxylic acids is 2. The molecular formula is C45H87NO8P+. The number of esters is 2. The van der Waals surface area contributed by atoms with Gasteiger partial charge in [0.05, 0.1) is 27.7 Å². The summed E-state index contributed by atoms with van der Waals surface area (Å²) in [5.41, 5.74) is 0. The van der Waals surface area contributed by atoms with Crippen LogP contribution in [0.15, 0.2) is 24.3 Å². The lowest BCUT2D eigenvalue weighted by atomic mass is 10.0. The zero-order chi connectivity index (χ0) is 40.7. The lowest BCUT2D eigenvalue weighted by Gasteiger charge is -2.24. The molecule has 0 amide bonds. The number of phosphoric acid groups is 1. The molecule has 0 saturated carbocycles. The predicted molar refractivity (Wildman–Crippen MR) is 229 cm³/mol. The second kappa shape index (κ2) is 38.0. The van der Waals surface area contributed by atoms with E-state index >= 15 is 0 Å². The number of phosphoric ester groups is 1. The van der Waals surface area contributed by atoms with Crippen molar-refractivity contribution in [3.63, 3.8) is 0 Å². The molecule has 0 rings (SSSR count). The highest BCUT2D eigenvalue weighted by atomic mass is 31.2. The highest BCUT2D eigenvalue weighted by Crippen LogP contribution is 2.43. The number of likely N-dealkylation sites (N-methyl/N-ethyl adjacent to an activating group) is 1. The van der Waals surface area contributed by atoms with Gasteiger partial charge in [-0.2, -0.15) is 0 Å². The van der Waals surface area contributed by atoms with Crippen molar-refractivity contribution in [3.05, 3.63) is 24.3 Å². The number of allylic oxidation sites excluding steroid dienone is 4. The van der Waals surface area contributed by atoms with Gasteiger partial charge in [0, 0.05) is 12.8 Å². The molecule has 0 aromatic rings. The number of rotatable bonds is 41. The summed E-state index contributed by atoms with van der Waals surface area (Å²) in [6, 6.07) is 0. The van der Waals surface area contributed by atoms with Crippen LogP contribution < -0.4 is 0 Å². The third kappa shape index (κ3) is 41.9. The van der Waals surface area contributed by atoms with Crippen LogP contribution in [0.3, 0.4) is 0 Å². The number of carbonyl (C=O) groups is 2. The molecule has 10 heteroatoms. The molecule has 0 fully saturated rings. The molecule has 0 aromatic heterocycles. The number of unbranched alkanes of at least 4 members (excludes halogenated alkanes) is 23. The van der Waals surface area contributed by atoms with Gasteiger partial charge < -0.3 is 18.9 Å². The summed E-state index contributed by atoms with van der Waals surface area (Å²) in [5, 5.41) is 0. The number of hydrogen-bond donors (Lipinski definition) is 1. The Kier molecular flexibility index (Phi) is 37.0. The van der Waals surface area contributed by atoms with E-state index in [4.69, 9.17) is 18.5 Å². The lowest BCUT2D eigenvalue weighted by Crippen LogP contribution is -2.37. The maximum absolute atomic E-state index is 12.7. The fourth-order valence-electron chi connectivity index (χ4n) is 6.16. The minimum atomic E-state index is -4.37. The second-order valence-electron chi connectivity index (χ2n) is 16.4. The number of hydrogen-bond acceptors (Lipinski definition) is 7. The van der Waals surface area contributed by atoms with Crippen LogP contribution >= 0.6 is 7.82 Å². The van der Waals surface area contributed by atoms with E-state index in [2.05, 4.69) is 38.2 Å². The van der Waals surface area contributed by atoms with Crippen LogP contribution in [-0.2, 0) is 32.7 Å². The van der Waals surface area contributed by atoms with Crippen molar-refractivity contribution < 1.29 is 42.1 Å². The average Bonchev–Trinajstić information content (AvgIpc) is 3.13. The molecule has 55 heavy (non-hydrogen) atoms. The molecule has 324 valence electrons. The van der Waals surface area contributed by atoms with Gasteiger partial charge in [0.25, 0.3) is 0 Å². The second-order valence-corrected chi connectivity index (χ2v) is 17.9. The molecule has 0 aliphatic rings. The monoisotopic (exact) mass is 801 g/mol. The highest BCUT2D eigenvalue weighted by Gasteiger charge is 2.27. The van der Waals surface area contributed by atoms with E-state index < -0.39 is 26.5 Å². The molecule has 1 N–H and O–H groups in total. The molecule has 0 saturated heterocycles. The molecule has 0 bridgehead atoms. The Morgan fingerprint density at radius 2 is 0.982 bits per heavy atom. The van der Waals surface area contributed by atoms with Crippen molar-refractivity contribution in [2.24, 2.45) is 0 Å². The van der Waals surface area contributed by atoms with Crippen LogP contribution in [0.25, 0.3) is 0 Å². The minimum Gasteiger partial charge on any atom is -0.462 e. The minimum absolute atomic E-state index is 0.0327. The maximum atomic E-state index is 12.7. The molecule has 1 unspecified atom stereocenters. The summed E-state index contributed by atoms with van der Waals surface area (Å²) in [4.78, 5) is 35.3. The SMILES string of the molecule is CCCCC/C=C/C/C=C/CCCCCCCCCCCC(=O)O[C@H](COC(=O)CCCCCCCCCCCCCC)COP(=O)(O)OCC[N+](C)(C)C. The first-order chi connectivity index (χ1) is 26.5. The van der Waals surface area contributed by atoms with Crippen LogP contribution in [-0.4, -0.2) is 74.9 Å². The third-order valence-corrected chi connectivity index (χ3v) is 10.7. The standard InChI is InChI=1S/C45H86NO8P/c1-6-8-10-12-14-16-18-20-21-22-23-24-25-26-28-30-32-34-36-38-45(48)54-43(42-53-55(49,50)52-40-39-46(3,4)5)41-51-44(47)37-35-33-31-29-27-19-17-15-13-11-9-7-2/h14,16,20-21,43H,6-13,15,17-19,22-42H2,1-5H3/p+1/b16-14+,21-20+/t43-/m1/s1. The molecule has 0 radical (unpaired) electrons. The predicted octanol–water partition coefficient (Wildman–Crippen LogP) is 12.7. The quantitative estimate of drug-likeness (QED) is 0.0214. The molecule has 0 aliphatic carbocycles. The smallest absolute Gasteiger partial charge is 0.462 e. The fourth-order valence-corrected chi connectivity index (χ4v) is 6.90. The summed E-state index contributed by atoms with van der Waals surface area (Å²) in [6.45, 7) is 4.40. The summed E-state index contributed by atoms with van der Waals surface area (Å²) >= 11 is 0. The van der Waals surface area contributed by atoms with Crippen molar-refractivity contribution in [1.82, 2.24) is 0 Å². The van der Waals surface area contributed by atoms with Crippen LogP contribution in [0.4, 0.5) is 0 Å². The van der Waals surface area contributed by atoms with Gasteiger partial charge in [-0.1, -0.05) is 167 Å². The fraction of sp³-hybridized carbons (Fsp3) is 0.867. The van der Waals surface area contributed by atoms with Crippen LogP contribution in [0, 0.1) is 0 Å². The van der Waals surface area contributed by atoms with Crippen LogP contribution in [0.5, 0.6) is 0 Å². The van der Waals surface area contributed by atoms with Gasteiger partial charge in [-0.15, -0.1) is 0 Å². The van der Waals surface area contributed by atoms with Gasteiger partial charge in [-0.05, 0) is 44.9 Å². The Balaban J connectivity index is 4.31. The van der Waals surface area contributed by atoms with E-state index in [0.717, 1.165) is 44.9 Å². The number of nitrogens with zero attached hydrogens (tertiary/aromatic N) is 1.